The topological polar surface area (TPSA) is 26.3 Å². The van der Waals surface area contributed by atoms with Gasteiger partial charge < -0.3 is 8.83 Å². The summed E-state index contributed by atoms with van der Waals surface area (Å²) in [5.41, 5.74) is 6.23. The molecular weight excluding hydrogens is 427 g/mol. The van der Waals surface area contributed by atoms with Gasteiger partial charge in [0.05, 0.1) is 0 Å². The van der Waals surface area contributed by atoms with Crippen LogP contribution >= 0.6 is 23.2 Å². The van der Waals surface area contributed by atoms with Crippen LogP contribution < -0.4 is 0 Å². The quantitative estimate of drug-likeness (QED) is 0.233. The Morgan fingerprint density at radius 1 is 0.742 bits per heavy atom. The maximum atomic E-state index is 6.39. The molecule has 2 heterocycles. The molecule has 1 aliphatic rings. The molecule has 7 rings (SSSR count). The van der Waals surface area contributed by atoms with Gasteiger partial charge in [0.15, 0.2) is 0 Å². The highest BCUT2D eigenvalue weighted by molar-refractivity contribution is 6.32. The van der Waals surface area contributed by atoms with E-state index in [1.807, 2.05) is 24.3 Å². The summed E-state index contributed by atoms with van der Waals surface area (Å²) in [5.74, 6) is 0. The van der Waals surface area contributed by atoms with Crippen molar-refractivity contribution in [3.8, 4) is 0 Å². The lowest BCUT2D eigenvalue weighted by Gasteiger charge is -2.33. The average Bonchev–Trinajstić information content (AvgIpc) is 3.25. The molecule has 0 N–H and O–H groups in total. The first kappa shape index (κ1) is 17.9. The number of aryl methyl sites for hydroxylation is 1. The molecule has 152 valence electrons. The number of halogens is 2. The highest BCUT2D eigenvalue weighted by Crippen LogP contribution is 2.50. The lowest BCUT2D eigenvalue weighted by atomic mass is 9.70. The van der Waals surface area contributed by atoms with E-state index in [2.05, 4.69) is 38.1 Å². The summed E-state index contributed by atoms with van der Waals surface area (Å²) in [5, 5.41) is 8.43. The Labute approximate surface area is 188 Å². The van der Waals surface area contributed by atoms with Crippen LogP contribution in [0, 0.1) is 0 Å². The number of hydrogen-bond acceptors (Lipinski definition) is 2. The molecule has 4 heteroatoms. The van der Waals surface area contributed by atoms with Gasteiger partial charge in [0.2, 0.25) is 0 Å². The Morgan fingerprint density at radius 2 is 1.45 bits per heavy atom. The van der Waals surface area contributed by atoms with Crippen molar-refractivity contribution < 1.29 is 8.83 Å². The second-order valence-electron chi connectivity index (χ2n) is 9.32. The highest BCUT2D eigenvalue weighted by Gasteiger charge is 2.34. The first-order chi connectivity index (χ1) is 14.9. The van der Waals surface area contributed by atoms with E-state index in [0.29, 0.717) is 10.0 Å². The first-order valence-corrected chi connectivity index (χ1v) is 11.3. The number of benzene rings is 4. The van der Waals surface area contributed by atoms with E-state index < -0.39 is 0 Å². The normalized spacial score (nSPS) is 15.7. The maximum absolute atomic E-state index is 6.39. The van der Waals surface area contributed by atoms with Crippen LogP contribution in [-0.2, 0) is 11.8 Å². The molecule has 0 amide bonds. The average molecular weight is 445 g/mol. The SMILES string of the molecule is CC1(C)CCc2c3oc4cc(Cl)ccc4c3cc3cc4oc5cc(Cl)ccc5c4c1c23. The Kier molecular flexibility index (Phi) is 3.33. The van der Waals surface area contributed by atoms with Crippen molar-refractivity contribution in [2.45, 2.75) is 32.1 Å². The van der Waals surface area contributed by atoms with Crippen molar-refractivity contribution in [2.24, 2.45) is 0 Å². The molecule has 2 nitrogen and oxygen atoms in total. The summed E-state index contributed by atoms with van der Waals surface area (Å²) < 4.78 is 12.7. The minimum atomic E-state index is 0.0181. The lowest BCUT2D eigenvalue weighted by Crippen LogP contribution is -2.23. The minimum absolute atomic E-state index is 0.0181. The monoisotopic (exact) mass is 444 g/mol. The van der Waals surface area contributed by atoms with Gasteiger partial charge in [0.1, 0.15) is 22.3 Å². The summed E-state index contributed by atoms with van der Waals surface area (Å²) >= 11 is 12.5. The Hall–Kier alpha value is -2.68. The van der Waals surface area contributed by atoms with Crippen molar-refractivity contribution in [3.63, 3.8) is 0 Å². The zero-order chi connectivity index (χ0) is 21.1. The fourth-order valence-electron chi connectivity index (χ4n) is 5.58. The Balaban J connectivity index is 1.75. The zero-order valence-electron chi connectivity index (χ0n) is 17.1. The second kappa shape index (κ2) is 5.76. The van der Waals surface area contributed by atoms with Gasteiger partial charge in [-0.2, -0.15) is 0 Å². The third-order valence-electron chi connectivity index (χ3n) is 7.00. The maximum Gasteiger partial charge on any atom is 0.139 e. The van der Waals surface area contributed by atoms with Crippen LogP contribution in [0.3, 0.4) is 0 Å². The van der Waals surface area contributed by atoms with Gasteiger partial charge in [-0.05, 0) is 71.0 Å². The molecular formula is C27H18Cl2O2. The van der Waals surface area contributed by atoms with Gasteiger partial charge in [-0.15, -0.1) is 0 Å². The van der Waals surface area contributed by atoms with Crippen LogP contribution in [0.2, 0.25) is 10.0 Å². The summed E-state index contributed by atoms with van der Waals surface area (Å²) in [6.07, 6.45) is 2.03. The van der Waals surface area contributed by atoms with E-state index in [-0.39, 0.29) is 5.41 Å². The van der Waals surface area contributed by atoms with Gasteiger partial charge in [-0.25, -0.2) is 0 Å². The van der Waals surface area contributed by atoms with Crippen molar-refractivity contribution in [2.75, 3.05) is 0 Å². The molecule has 0 atom stereocenters. The van der Waals surface area contributed by atoms with Gasteiger partial charge >= 0.3 is 0 Å². The van der Waals surface area contributed by atoms with Gasteiger partial charge in [-0.1, -0.05) is 37.0 Å². The largest absolute Gasteiger partial charge is 0.456 e. The molecule has 0 radical (unpaired) electrons. The van der Waals surface area contributed by atoms with E-state index in [4.69, 9.17) is 32.0 Å². The number of hydrogen-bond donors (Lipinski definition) is 0. The highest BCUT2D eigenvalue weighted by atomic mass is 35.5. The van der Waals surface area contributed by atoms with Crippen LogP contribution in [-0.4, -0.2) is 0 Å². The van der Waals surface area contributed by atoms with Gasteiger partial charge in [-0.3, -0.25) is 0 Å². The zero-order valence-corrected chi connectivity index (χ0v) is 18.6. The third kappa shape index (κ3) is 2.30. The first-order valence-electron chi connectivity index (χ1n) is 10.5. The van der Waals surface area contributed by atoms with Crippen LogP contribution in [0.15, 0.2) is 57.4 Å². The molecule has 4 aromatic carbocycles. The number of furan rings is 2. The van der Waals surface area contributed by atoms with Crippen LogP contribution in [0.5, 0.6) is 0 Å². The van der Waals surface area contributed by atoms with Gasteiger partial charge in [0.25, 0.3) is 0 Å². The predicted molar refractivity (Wildman–Crippen MR) is 130 cm³/mol. The summed E-state index contributed by atoms with van der Waals surface area (Å²) in [6, 6.07) is 16.3. The van der Waals surface area contributed by atoms with E-state index in [0.717, 1.165) is 51.3 Å². The molecule has 0 saturated heterocycles. The lowest BCUT2D eigenvalue weighted by molar-refractivity contribution is 0.477. The van der Waals surface area contributed by atoms with Crippen molar-refractivity contribution in [3.05, 3.63) is 69.7 Å². The van der Waals surface area contributed by atoms with Crippen LogP contribution in [0.4, 0.5) is 0 Å². The van der Waals surface area contributed by atoms with E-state index in [1.54, 1.807) is 0 Å². The standard InChI is InChI=1S/C27H18Cl2O2/c1-27(2)8-7-18-23-13(9-19-16-5-3-14(28)11-20(16)31-26(18)19)10-22-24(25(23)27)17-6-4-15(29)12-21(17)30-22/h3-6,9-12H,7-8H2,1-2H3. The molecule has 1 aliphatic carbocycles. The second-order valence-corrected chi connectivity index (χ2v) is 10.2. The molecule has 31 heavy (non-hydrogen) atoms. The van der Waals surface area contributed by atoms with E-state index in [1.165, 1.54) is 27.3 Å². The number of rotatable bonds is 0. The van der Waals surface area contributed by atoms with Crippen molar-refractivity contribution in [1.82, 2.24) is 0 Å². The molecule has 0 bridgehead atoms. The van der Waals surface area contributed by atoms with Crippen molar-refractivity contribution in [1.29, 1.82) is 0 Å². The van der Waals surface area contributed by atoms with Crippen LogP contribution in [0.25, 0.3) is 54.6 Å². The molecule has 0 aliphatic heterocycles. The third-order valence-corrected chi connectivity index (χ3v) is 7.47. The number of fused-ring (bicyclic) bond motifs is 8. The predicted octanol–water partition coefficient (Wildman–Crippen LogP) is 9.17. The van der Waals surface area contributed by atoms with E-state index in [9.17, 15) is 0 Å². The van der Waals surface area contributed by atoms with Crippen LogP contribution in [0.1, 0.15) is 31.4 Å². The molecule has 0 unspecified atom stereocenters. The fourth-order valence-corrected chi connectivity index (χ4v) is 5.90. The van der Waals surface area contributed by atoms with Gasteiger partial charge in [0, 0.05) is 49.3 Å². The minimum Gasteiger partial charge on any atom is -0.456 e. The Bertz CT molecular complexity index is 1730. The molecule has 6 aromatic rings. The van der Waals surface area contributed by atoms with E-state index >= 15 is 0 Å². The smallest absolute Gasteiger partial charge is 0.139 e. The molecule has 0 saturated carbocycles. The summed E-state index contributed by atoms with van der Waals surface area (Å²) in [4.78, 5) is 0. The van der Waals surface area contributed by atoms with Crippen molar-refractivity contribution >= 4 is 77.9 Å². The fraction of sp³-hybridized carbons (Fsp3) is 0.185. The summed E-state index contributed by atoms with van der Waals surface area (Å²) in [7, 11) is 0. The Morgan fingerprint density at radius 3 is 2.23 bits per heavy atom. The molecule has 0 spiro atoms. The molecule has 2 aromatic heterocycles. The summed E-state index contributed by atoms with van der Waals surface area (Å²) in [6.45, 7) is 4.67. The molecule has 0 fully saturated rings.